The topological polar surface area (TPSA) is 100 Å². The van der Waals surface area contributed by atoms with E-state index in [4.69, 9.17) is 16.7 Å². The molecule has 0 aliphatic carbocycles. The summed E-state index contributed by atoms with van der Waals surface area (Å²) < 4.78 is 2.08. The van der Waals surface area contributed by atoms with Gasteiger partial charge in [-0.3, -0.25) is 9.48 Å². The Labute approximate surface area is 194 Å². The molecule has 0 aromatic carbocycles. The first-order chi connectivity index (χ1) is 15.6. The second-order valence-corrected chi connectivity index (χ2v) is 8.84. The first kappa shape index (κ1) is 22.8. The number of nitrogens with zero attached hydrogens (tertiary/aromatic N) is 5. The maximum absolute atomic E-state index is 11.9. The van der Waals surface area contributed by atoms with Crippen LogP contribution in [0.4, 0.5) is 17.5 Å². The van der Waals surface area contributed by atoms with Gasteiger partial charge >= 0.3 is 0 Å². The maximum atomic E-state index is 11.9. The van der Waals surface area contributed by atoms with Crippen molar-refractivity contribution in [1.82, 2.24) is 30.0 Å². The molecule has 2 saturated heterocycles. The molecular formula is C22H33ClN8O. The van der Waals surface area contributed by atoms with Crippen LogP contribution in [0, 0.1) is 0 Å². The summed E-state index contributed by atoms with van der Waals surface area (Å²) in [5, 5.41) is 15.3. The van der Waals surface area contributed by atoms with E-state index in [1.807, 2.05) is 4.90 Å². The summed E-state index contributed by atoms with van der Waals surface area (Å²) in [4.78, 5) is 22.8. The molecular weight excluding hydrogens is 428 g/mol. The van der Waals surface area contributed by atoms with Gasteiger partial charge in [-0.1, -0.05) is 18.5 Å². The van der Waals surface area contributed by atoms with Crippen molar-refractivity contribution in [3.05, 3.63) is 23.1 Å². The third kappa shape index (κ3) is 5.69. The van der Waals surface area contributed by atoms with E-state index in [0.29, 0.717) is 35.8 Å². The summed E-state index contributed by atoms with van der Waals surface area (Å²) in [7, 11) is 0. The minimum Gasteiger partial charge on any atom is -0.369 e. The standard InChI is InChI=1S/C22H33ClN8O/c1-2-18-19(15-31(29-18)16-7-10-24-11-8-16)27-22-26-14-17(23)21(28-22)25-9-5-13-30-12-4-3-6-20(30)32/h14-16,24H,2-13H2,1H3,(H2,25,26,27,28). The summed E-state index contributed by atoms with van der Waals surface area (Å²) in [6, 6.07) is 0.423. The summed E-state index contributed by atoms with van der Waals surface area (Å²) in [5.41, 5.74) is 1.94. The number of aryl methyl sites for hydroxylation is 1. The third-order valence-electron chi connectivity index (χ3n) is 6.14. The number of halogens is 1. The fourth-order valence-electron chi connectivity index (χ4n) is 4.30. The van der Waals surface area contributed by atoms with E-state index < -0.39 is 0 Å². The Kier molecular flexibility index (Phi) is 7.81. The zero-order chi connectivity index (χ0) is 22.3. The van der Waals surface area contributed by atoms with Gasteiger partial charge in [-0.25, -0.2) is 4.98 Å². The molecule has 0 bridgehead atoms. The zero-order valence-electron chi connectivity index (χ0n) is 18.7. The van der Waals surface area contributed by atoms with Crippen LogP contribution in [0.5, 0.6) is 0 Å². The van der Waals surface area contributed by atoms with Crippen LogP contribution in [0.1, 0.15) is 57.2 Å². The summed E-state index contributed by atoms with van der Waals surface area (Å²) in [6.45, 7) is 6.46. The molecule has 3 N–H and O–H groups in total. The zero-order valence-corrected chi connectivity index (χ0v) is 19.5. The van der Waals surface area contributed by atoms with Gasteiger partial charge in [-0.15, -0.1) is 0 Å². The van der Waals surface area contributed by atoms with E-state index in [9.17, 15) is 4.79 Å². The van der Waals surface area contributed by atoms with Crippen LogP contribution in [-0.4, -0.2) is 63.3 Å². The quantitative estimate of drug-likeness (QED) is 0.493. The van der Waals surface area contributed by atoms with Crippen molar-refractivity contribution in [2.24, 2.45) is 0 Å². The fourth-order valence-corrected chi connectivity index (χ4v) is 4.46. The molecule has 0 unspecified atom stereocenters. The summed E-state index contributed by atoms with van der Waals surface area (Å²) >= 11 is 6.31. The molecule has 0 spiro atoms. The molecule has 2 aromatic heterocycles. The highest BCUT2D eigenvalue weighted by Crippen LogP contribution is 2.26. The number of carbonyl (C=O) groups excluding carboxylic acids is 1. The Bertz CT molecular complexity index is 911. The summed E-state index contributed by atoms with van der Waals surface area (Å²) in [6.07, 6.45) is 10.3. The van der Waals surface area contributed by atoms with E-state index in [2.05, 4.69) is 43.7 Å². The third-order valence-corrected chi connectivity index (χ3v) is 6.41. The average Bonchev–Trinajstić information content (AvgIpc) is 3.23. The van der Waals surface area contributed by atoms with Crippen molar-refractivity contribution in [3.8, 4) is 0 Å². The largest absolute Gasteiger partial charge is 0.369 e. The van der Waals surface area contributed by atoms with Crippen LogP contribution < -0.4 is 16.0 Å². The van der Waals surface area contributed by atoms with E-state index in [0.717, 1.165) is 76.1 Å². The second-order valence-electron chi connectivity index (χ2n) is 8.44. The Morgan fingerprint density at radius 3 is 2.91 bits per heavy atom. The molecule has 174 valence electrons. The van der Waals surface area contributed by atoms with Crippen molar-refractivity contribution in [3.63, 3.8) is 0 Å². The van der Waals surface area contributed by atoms with Gasteiger partial charge in [0.2, 0.25) is 11.9 Å². The van der Waals surface area contributed by atoms with Gasteiger partial charge in [0.1, 0.15) is 10.8 Å². The van der Waals surface area contributed by atoms with Crippen molar-refractivity contribution in [2.75, 3.05) is 43.4 Å². The molecule has 2 aliphatic rings. The average molecular weight is 461 g/mol. The SMILES string of the molecule is CCc1nn(C2CCNCC2)cc1Nc1ncc(Cl)c(NCCCN2CCCCC2=O)n1. The lowest BCUT2D eigenvalue weighted by molar-refractivity contribution is -0.133. The van der Waals surface area contributed by atoms with Crippen LogP contribution in [-0.2, 0) is 11.2 Å². The number of anilines is 3. The van der Waals surface area contributed by atoms with Gasteiger partial charge in [0.25, 0.3) is 0 Å². The smallest absolute Gasteiger partial charge is 0.229 e. The van der Waals surface area contributed by atoms with E-state index >= 15 is 0 Å². The van der Waals surface area contributed by atoms with Crippen molar-refractivity contribution in [2.45, 2.75) is 57.9 Å². The van der Waals surface area contributed by atoms with Crippen molar-refractivity contribution >= 4 is 35.0 Å². The lowest BCUT2D eigenvalue weighted by Gasteiger charge is -2.26. The molecule has 9 nitrogen and oxygen atoms in total. The predicted molar refractivity (Wildman–Crippen MR) is 127 cm³/mol. The molecule has 4 heterocycles. The monoisotopic (exact) mass is 460 g/mol. The van der Waals surface area contributed by atoms with Gasteiger partial charge < -0.3 is 20.9 Å². The van der Waals surface area contributed by atoms with Crippen LogP contribution in [0.2, 0.25) is 5.02 Å². The van der Waals surface area contributed by atoms with Gasteiger partial charge in [0.05, 0.1) is 23.6 Å². The molecule has 2 fully saturated rings. The number of amides is 1. The first-order valence-corrected chi connectivity index (χ1v) is 12.1. The maximum Gasteiger partial charge on any atom is 0.229 e. The number of rotatable bonds is 9. The fraction of sp³-hybridized carbons (Fsp3) is 0.636. The number of hydrogen-bond acceptors (Lipinski definition) is 7. The highest BCUT2D eigenvalue weighted by Gasteiger charge is 2.19. The van der Waals surface area contributed by atoms with Crippen LogP contribution in [0.15, 0.2) is 12.4 Å². The van der Waals surface area contributed by atoms with E-state index in [1.54, 1.807) is 6.20 Å². The Hall–Kier alpha value is -2.39. The molecule has 0 atom stereocenters. The Morgan fingerprint density at radius 2 is 2.12 bits per heavy atom. The molecule has 2 aliphatic heterocycles. The first-order valence-electron chi connectivity index (χ1n) is 11.7. The molecule has 1 amide bonds. The van der Waals surface area contributed by atoms with Gasteiger partial charge in [-0.2, -0.15) is 10.1 Å². The number of piperidine rings is 2. The van der Waals surface area contributed by atoms with Crippen LogP contribution >= 0.6 is 11.6 Å². The molecule has 0 saturated carbocycles. The Morgan fingerprint density at radius 1 is 1.28 bits per heavy atom. The number of aromatic nitrogens is 4. The number of carbonyl (C=O) groups is 1. The van der Waals surface area contributed by atoms with E-state index in [-0.39, 0.29) is 5.91 Å². The van der Waals surface area contributed by atoms with Gasteiger partial charge in [-0.05, 0) is 51.6 Å². The van der Waals surface area contributed by atoms with Gasteiger partial charge in [0, 0.05) is 32.3 Å². The predicted octanol–water partition coefficient (Wildman–Crippen LogP) is 3.37. The lowest BCUT2D eigenvalue weighted by atomic mass is 10.1. The molecule has 10 heteroatoms. The lowest BCUT2D eigenvalue weighted by Crippen LogP contribution is -2.36. The number of likely N-dealkylation sites (tertiary alicyclic amines) is 1. The molecule has 2 aromatic rings. The highest BCUT2D eigenvalue weighted by atomic mass is 35.5. The highest BCUT2D eigenvalue weighted by molar-refractivity contribution is 6.32. The second kappa shape index (κ2) is 11.0. The minimum atomic E-state index is 0.263. The molecule has 4 rings (SSSR count). The van der Waals surface area contributed by atoms with Crippen molar-refractivity contribution < 1.29 is 4.79 Å². The molecule has 0 radical (unpaired) electrons. The van der Waals surface area contributed by atoms with Crippen molar-refractivity contribution in [1.29, 1.82) is 0 Å². The number of hydrogen-bond donors (Lipinski definition) is 3. The normalized spacial score (nSPS) is 17.6. The minimum absolute atomic E-state index is 0.263. The molecule has 32 heavy (non-hydrogen) atoms. The van der Waals surface area contributed by atoms with Gasteiger partial charge in [0.15, 0.2) is 0 Å². The number of nitrogens with one attached hydrogen (secondary N) is 3. The Balaban J connectivity index is 1.36. The van der Waals surface area contributed by atoms with Crippen LogP contribution in [0.25, 0.3) is 0 Å². The van der Waals surface area contributed by atoms with Crippen LogP contribution in [0.3, 0.4) is 0 Å². The van der Waals surface area contributed by atoms with E-state index in [1.165, 1.54) is 0 Å². The summed E-state index contributed by atoms with van der Waals surface area (Å²) in [5.74, 6) is 1.35.